The van der Waals surface area contributed by atoms with Gasteiger partial charge in [0.25, 0.3) is 10.0 Å². The first-order valence-corrected chi connectivity index (χ1v) is 10.2. The molecule has 29 heavy (non-hydrogen) atoms. The lowest BCUT2D eigenvalue weighted by atomic mass is 10.2. The molecule has 4 rings (SSSR count). The highest BCUT2D eigenvalue weighted by molar-refractivity contribution is 7.90. The molecule has 0 radical (unpaired) electrons. The quantitative estimate of drug-likeness (QED) is 0.498. The van der Waals surface area contributed by atoms with Crippen LogP contribution in [0.1, 0.15) is 5.56 Å². The molecule has 0 fully saturated rings. The second-order valence-electron chi connectivity index (χ2n) is 6.06. The molecular weight excluding hydrogens is 392 g/mol. The molecule has 1 N–H and O–H groups in total. The van der Waals surface area contributed by atoms with Gasteiger partial charge in [-0.1, -0.05) is 36.4 Å². The summed E-state index contributed by atoms with van der Waals surface area (Å²) in [7, 11) is -2.37. The highest BCUT2D eigenvalue weighted by atomic mass is 32.2. The molecule has 0 saturated carbocycles. The van der Waals surface area contributed by atoms with Crippen LogP contribution in [0.5, 0.6) is 5.75 Å². The number of anilines is 1. The molecule has 4 aromatic rings. The van der Waals surface area contributed by atoms with Crippen LogP contribution in [-0.2, 0) is 16.6 Å². The van der Waals surface area contributed by atoms with E-state index in [4.69, 9.17) is 9.15 Å². The molecule has 0 aliphatic carbocycles. The van der Waals surface area contributed by atoms with Gasteiger partial charge in [0.1, 0.15) is 5.75 Å². The number of benzene rings is 2. The van der Waals surface area contributed by atoms with Crippen molar-refractivity contribution in [2.24, 2.45) is 0 Å². The van der Waals surface area contributed by atoms with Crippen molar-refractivity contribution in [1.82, 2.24) is 14.2 Å². The van der Waals surface area contributed by atoms with Crippen molar-refractivity contribution < 1.29 is 17.6 Å². The smallest absolute Gasteiger partial charge is 0.286 e. The summed E-state index contributed by atoms with van der Waals surface area (Å²) in [6.45, 7) is 0.296. The van der Waals surface area contributed by atoms with Crippen LogP contribution in [0.3, 0.4) is 0 Å². The van der Waals surface area contributed by atoms with E-state index < -0.39 is 10.0 Å². The third-order valence-corrected chi connectivity index (χ3v) is 5.80. The molecule has 0 aliphatic heterocycles. The van der Waals surface area contributed by atoms with Gasteiger partial charge in [0.2, 0.25) is 11.8 Å². The van der Waals surface area contributed by atoms with Crippen molar-refractivity contribution >= 4 is 16.0 Å². The van der Waals surface area contributed by atoms with Gasteiger partial charge in [0, 0.05) is 12.1 Å². The average molecular weight is 410 g/mol. The molecule has 0 aliphatic rings. The second-order valence-corrected chi connectivity index (χ2v) is 7.83. The molecule has 0 spiro atoms. The number of hydrogen-bond donors (Lipinski definition) is 1. The largest absolute Gasteiger partial charge is 0.496 e. The van der Waals surface area contributed by atoms with Crippen LogP contribution in [0.25, 0.3) is 11.6 Å². The monoisotopic (exact) mass is 410 g/mol. The molecule has 0 bridgehead atoms. The molecule has 148 valence electrons. The predicted molar refractivity (Wildman–Crippen MR) is 107 cm³/mol. The Morgan fingerprint density at radius 1 is 1.03 bits per heavy atom. The third kappa shape index (κ3) is 3.72. The van der Waals surface area contributed by atoms with Gasteiger partial charge < -0.3 is 14.5 Å². The number of ether oxygens (including phenoxy) is 1. The van der Waals surface area contributed by atoms with Crippen molar-refractivity contribution in [3.8, 4) is 17.3 Å². The maximum atomic E-state index is 13.1. The van der Waals surface area contributed by atoms with Crippen LogP contribution in [0.15, 0.2) is 82.3 Å². The Morgan fingerprint density at radius 3 is 2.52 bits per heavy atom. The van der Waals surface area contributed by atoms with E-state index in [1.54, 1.807) is 37.4 Å². The Bertz CT molecular complexity index is 1200. The minimum atomic E-state index is -3.95. The van der Waals surface area contributed by atoms with Gasteiger partial charge in [-0.15, -0.1) is 9.19 Å². The summed E-state index contributed by atoms with van der Waals surface area (Å²) in [5.41, 5.74) is 0.848. The van der Waals surface area contributed by atoms with Gasteiger partial charge in [0.05, 0.1) is 18.3 Å². The molecular formula is C20H18N4O4S. The van der Waals surface area contributed by atoms with E-state index in [9.17, 15) is 8.42 Å². The zero-order valence-electron chi connectivity index (χ0n) is 15.5. The third-order valence-electron chi connectivity index (χ3n) is 4.22. The molecule has 0 unspecified atom stereocenters. The molecule has 0 amide bonds. The zero-order chi connectivity index (χ0) is 20.3. The lowest BCUT2D eigenvalue weighted by molar-refractivity contribution is 0.410. The fourth-order valence-corrected chi connectivity index (χ4v) is 4.02. The number of hydrogen-bond acceptors (Lipinski definition) is 7. The highest BCUT2D eigenvalue weighted by Crippen LogP contribution is 2.24. The van der Waals surface area contributed by atoms with Gasteiger partial charge >= 0.3 is 0 Å². The van der Waals surface area contributed by atoms with E-state index >= 15 is 0 Å². The predicted octanol–water partition coefficient (Wildman–Crippen LogP) is 3.40. The van der Waals surface area contributed by atoms with E-state index in [1.165, 1.54) is 18.4 Å². The lowest BCUT2D eigenvalue weighted by Crippen LogP contribution is -2.18. The van der Waals surface area contributed by atoms with Crippen LogP contribution in [-0.4, -0.2) is 29.7 Å². The van der Waals surface area contributed by atoms with Crippen LogP contribution in [0, 0.1) is 0 Å². The maximum Gasteiger partial charge on any atom is 0.286 e. The van der Waals surface area contributed by atoms with Gasteiger partial charge in [-0.25, -0.2) is 0 Å². The summed E-state index contributed by atoms with van der Waals surface area (Å²) in [6, 6.07) is 18.9. The fourth-order valence-electron chi connectivity index (χ4n) is 2.80. The first kappa shape index (κ1) is 18.8. The Hall–Kier alpha value is -3.59. The maximum absolute atomic E-state index is 13.1. The molecule has 9 heteroatoms. The molecule has 0 atom stereocenters. The number of aromatic nitrogens is 3. The Kier molecular flexibility index (Phi) is 5.05. The Labute approximate surface area is 167 Å². The second kappa shape index (κ2) is 7.80. The van der Waals surface area contributed by atoms with E-state index in [1.807, 2.05) is 24.3 Å². The average Bonchev–Trinajstić information content (AvgIpc) is 3.43. The first-order valence-electron chi connectivity index (χ1n) is 8.77. The lowest BCUT2D eigenvalue weighted by Gasteiger charge is -2.11. The van der Waals surface area contributed by atoms with E-state index in [-0.39, 0.29) is 16.7 Å². The van der Waals surface area contributed by atoms with Gasteiger partial charge in [0.15, 0.2) is 5.76 Å². The number of nitrogens with one attached hydrogen (secondary N) is 1. The number of nitrogens with zero attached hydrogens (tertiary/aromatic N) is 3. The zero-order valence-corrected chi connectivity index (χ0v) is 16.3. The van der Waals surface area contributed by atoms with Gasteiger partial charge in [-0.3, -0.25) is 0 Å². The Morgan fingerprint density at radius 2 is 1.79 bits per heavy atom. The summed E-state index contributed by atoms with van der Waals surface area (Å²) in [5, 5.41) is 7.24. The van der Waals surface area contributed by atoms with Crippen LogP contribution >= 0.6 is 0 Å². The first-order chi connectivity index (χ1) is 14.1. The standard InChI is InChI=1S/C20H18N4O4S/c1-27-17-11-6-5-8-15(17)14-21-20-22-19(18-12-7-13-28-18)23-24(20)29(25,26)16-9-3-2-4-10-16/h2-13H,14H2,1H3,(H,21,22,23). The van der Waals surface area contributed by atoms with Crippen molar-refractivity contribution in [3.63, 3.8) is 0 Å². The summed E-state index contributed by atoms with van der Waals surface area (Å²) in [4.78, 5) is 4.45. The summed E-state index contributed by atoms with van der Waals surface area (Å²) >= 11 is 0. The minimum Gasteiger partial charge on any atom is -0.496 e. The summed E-state index contributed by atoms with van der Waals surface area (Å²) < 4.78 is 37.8. The van der Waals surface area contributed by atoms with Crippen molar-refractivity contribution in [2.45, 2.75) is 11.4 Å². The molecule has 2 aromatic carbocycles. The Balaban J connectivity index is 1.74. The minimum absolute atomic E-state index is 0.0751. The van der Waals surface area contributed by atoms with Crippen molar-refractivity contribution in [3.05, 3.63) is 78.6 Å². The van der Waals surface area contributed by atoms with Crippen LogP contribution in [0.2, 0.25) is 0 Å². The molecule has 0 saturated heterocycles. The van der Waals surface area contributed by atoms with Gasteiger partial charge in [-0.2, -0.15) is 13.4 Å². The highest BCUT2D eigenvalue weighted by Gasteiger charge is 2.25. The van der Waals surface area contributed by atoms with Gasteiger partial charge in [-0.05, 0) is 30.3 Å². The van der Waals surface area contributed by atoms with Crippen molar-refractivity contribution in [1.29, 1.82) is 0 Å². The fraction of sp³-hybridized carbons (Fsp3) is 0.100. The SMILES string of the molecule is COc1ccccc1CNc1nc(-c2ccco2)nn1S(=O)(=O)c1ccccc1. The number of furan rings is 1. The molecule has 2 aromatic heterocycles. The number of rotatable bonds is 7. The van der Waals surface area contributed by atoms with Crippen molar-refractivity contribution in [2.75, 3.05) is 12.4 Å². The summed E-state index contributed by atoms with van der Waals surface area (Å²) in [6.07, 6.45) is 1.48. The van der Waals surface area contributed by atoms with E-state index in [2.05, 4.69) is 15.4 Å². The normalized spacial score (nSPS) is 11.3. The molecule has 8 nitrogen and oxygen atoms in total. The number of methoxy groups -OCH3 is 1. The van der Waals surface area contributed by atoms with E-state index in [0.717, 1.165) is 9.65 Å². The topological polar surface area (TPSA) is 99.2 Å². The van der Waals surface area contributed by atoms with Crippen LogP contribution in [0.4, 0.5) is 5.95 Å². The van der Waals surface area contributed by atoms with E-state index in [0.29, 0.717) is 18.1 Å². The molecule has 2 heterocycles. The summed E-state index contributed by atoms with van der Waals surface area (Å²) in [5.74, 6) is 1.29. The van der Waals surface area contributed by atoms with Crippen LogP contribution < -0.4 is 10.1 Å². The number of para-hydroxylation sites is 1.